The van der Waals surface area contributed by atoms with Crippen LogP contribution in [0.3, 0.4) is 0 Å². The Bertz CT molecular complexity index is 423. The summed E-state index contributed by atoms with van der Waals surface area (Å²) in [5, 5.41) is 17.8. The van der Waals surface area contributed by atoms with E-state index in [1.54, 1.807) is 0 Å². The molecule has 1 aromatic carbocycles. The molecular weight excluding hydrogens is 192 g/mol. The van der Waals surface area contributed by atoms with Crippen LogP contribution >= 0.6 is 0 Å². The number of aliphatic hydroxyl groups excluding tert-OH is 1. The Morgan fingerprint density at radius 2 is 1.93 bits per heavy atom. The molecule has 2 aromatic rings. The maximum Gasteiger partial charge on any atom is 0.195 e. The summed E-state index contributed by atoms with van der Waals surface area (Å²) in [5.41, 5.74) is 1.45. The van der Waals surface area contributed by atoms with E-state index in [1.165, 1.54) is 6.20 Å². The summed E-state index contributed by atoms with van der Waals surface area (Å²) in [6.45, 7) is 0. The summed E-state index contributed by atoms with van der Waals surface area (Å²) in [6, 6.07) is 9.86. The number of hydrogen-bond acceptors (Lipinski definition) is 3. The number of nitrogens with zero attached hydrogens (tertiary/aromatic N) is 1. The molecule has 3 N–H and O–H groups in total. The summed E-state index contributed by atoms with van der Waals surface area (Å²) in [5.74, 6) is 0.726. The van der Waals surface area contributed by atoms with Gasteiger partial charge in [0, 0.05) is 6.42 Å². The van der Waals surface area contributed by atoms with Crippen LogP contribution in [0, 0.1) is 0 Å². The van der Waals surface area contributed by atoms with Crippen molar-refractivity contribution in [1.29, 1.82) is 0 Å². The summed E-state index contributed by atoms with van der Waals surface area (Å²) >= 11 is 0. The van der Waals surface area contributed by atoms with Gasteiger partial charge in [0.25, 0.3) is 0 Å². The minimum atomic E-state index is -1.48. The normalized spacial score (nSPS) is 10.9. The van der Waals surface area contributed by atoms with Crippen LogP contribution in [-0.4, -0.2) is 20.2 Å². The lowest BCUT2D eigenvalue weighted by Gasteiger charge is -1.98. The lowest BCUT2D eigenvalue weighted by Crippen LogP contribution is -1.96. The van der Waals surface area contributed by atoms with E-state index in [2.05, 4.69) is 9.97 Å². The van der Waals surface area contributed by atoms with Crippen molar-refractivity contribution in [3.8, 4) is 0 Å². The molecular formula is C11H12N2O2. The van der Waals surface area contributed by atoms with E-state index in [0.29, 0.717) is 12.1 Å². The largest absolute Gasteiger partial charge is 0.363 e. The average Bonchev–Trinajstić information content (AvgIpc) is 2.68. The molecule has 1 aromatic heterocycles. The number of aromatic nitrogens is 2. The molecule has 1 heterocycles. The van der Waals surface area contributed by atoms with Crippen molar-refractivity contribution < 1.29 is 10.2 Å². The third-order valence-corrected chi connectivity index (χ3v) is 2.14. The number of aliphatic hydroxyl groups is 2. The lowest BCUT2D eigenvalue weighted by atomic mass is 10.1. The first-order valence-electron chi connectivity index (χ1n) is 4.69. The van der Waals surface area contributed by atoms with Crippen molar-refractivity contribution in [2.45, 2.75) is 12.7 Å². The Hall–Kier alpha value is -1.65. The van der Waals surface area contributed by atoms with Crippen LogP contribution in [0.15, 0.2) is 36.5 Å². The van der Waals surface area contributed by atoms with Crippen molar-refractivity contribution >= 4 is 0 Å². The molecule has 4 nitrogen and oxygen atoms in total. The van der Waals surface area contributed by atoms with Crippen LogP contribution in [-0.2, 0) is 6.42 Å². The molecule has 0 fully saturated rings. The van der Waals surface area contributed by atoms with E-state index in [1.807, 2.05) is 30.3 Å². The zero-order valence-electron chi connectivity index (χ0n) is 8.09. The van der Waals surface area contributed by atoms with Crippen LogP contribution in [0.1, 0.15) is 23.4 Å². The minimum absolute atomic E-state index is 0.320. The zero-order chi connectivity index (χ0) is 10.7. The molecule has 0 aliphatic heterocycles. The highest BCUT2D eigenvalue weighted by Crippen LogP contribution is 2.09. The summed E-state index contributed by atoms with van der Waals surface area (Å²) in [7, 11) is 0. The second-order valence-corrected chi connectivity index (χ2v) is 3.32. The predicted molar refractivity (Wildman–Crippen MR) is 55.0 cm³/mol. The SMILES string of the molecule is OC(O)c1cnc(Cc2ccccc2)[nH]1. The minimum Gasteiger partial charge on any atom is -0.363 e. The van der Waals surface area contributed by atoms with Gasteiger partial charge in [0.05, 0.1) is 11.9 Å². The van der Waals surface area contributed by atoms with Crippen LogP contribution in [0.25, 0.3) is 0 Å². The standard InChI is InChI=1S/C11H12N2O2/c14-11(15)9-7-12-10(13-9)6-8-4-2-1-3-5-8/h1-5,7,11,14-15H,6H2,(H,12,13). The zero-order valence-corrected chi connectivity index (χ0v) is 8.09. The number of hydrogen-bond donors (Lipinski definition) is 3. The molecule has 0 saturated carbocycles. The molecule has 0 aliphatic rings. The third kappa shape index (κ3) is 2.43. The maximum atomic E-state index is 8.89. The Kier molecular flexibility index (Phi) is 2.80. The highest BCUT2D eigenvalue weighted by molar-refractivity contribution is 5.19. The first kappa shape index (κ1) is 9.89. The monoisotopic (exact) mass is 204 g/mol. The molecule has 0 bridgehead atoms. The van der Waals surface area contributed by atoms with E-state index in [0.717, 1.165) is 11.4 Å². The number of H-pyrrole nitrogens is 1. The van der Waals surface area contributed by atoms with Gasteiger partial charge in [-0.3, -0.25) is 0 Å². The van der Waals surface area contributed by atoms with Gasteiger partial charge in [0.1, 0.15) is 5.82 Å². The number of imidazole rings is 1. The fourth-order valence-electron chi connectivity index (χ4n) is 1.39. The topological polar surface area (TPSA) is 69.1 Å². The van der Waals surface area contributed by atoms with E-state index < -0.39 is 6.29 Å². The van der Waals surface area contributed by atoms with Crippen LogP contribution in [0.5, 0.6) is 0 Å². The molecule has 0 radical (unpaired) electrons. The van der Waals surface area contributed by atoms with Gasteiger partial charge in [-0.15, -0.1) is 0 Å². The average molecular weight is 204 g/mol. The van der Waals surface area contributed by atoms with E-state index >= 15 is 0 Å². The van der Waals surface area contributed by atoms with Crippen molar-refractivity contribution in [3.05, 3.63) is 53.6 Å². The molecule has 78 valence electrons. The van der Waals surface area contributed by atoms with Crippen LogP contribution in [0.4, 0.5) is 0 Å². The van der Waals surface area contributed by atoms with Crippen molar-refractivity contribution in [2.75, 3.05) is 0 Å². The maximum absolute atomic E-state index is 8.89. The summed E-state index contributed by atoms with van der Waals surface area (Å²) in [6.07, 6.45) is 0.610. The molecule has 0 atom stereocenters. The van der Waals surface area contributed by atoms with Gasteiger partial charge >= 0.3 is 0 Å². The van der Waals surface area contributed by atoms with Gasteiger partial charge in [0.15, 0.2) is 6.29 Å². The van der Waals surface area contributed by atoms with E-state index in [4.69, 9.17) is 10.2 Å². The Morgan fingerprint density at radius 3 is 2.53 bits per heavy atom. The van der Waals surface area contributed by atoms with E-state index in [-0.39, 0.29) is 0 Å². The van der Waals surface area contributed by atoms with Crippen LogP contribution in [0.2, 0.25) is 0 Å². The first-order chi connectivity index (χ1) is 7.25. The van der Waals surface area contributed by atoms with Crippen molar-refractivity contribution in [2.24, 2.45) is 0 Å². The van der Waals surface area contributed by atoms with Gasteiger partial charge in [-0.25, -0.2) is 4.98 Å². The molecule has 0 aliphatic carbocycles. The van der Waals surface area contributed by atoms with Gasteiger partial charge < -0.3 is 15.2 Å². The molecule has 0 unspecified atom stereocenters. The fraction of sp³-hybridized carbons (Fsp3) is 0.182. The molecule has 0 saturated heterocycles. The molecule has 0 spiro atoms. The van der Waals surface area contributed by atoms with Crippen molar-refractivity contribution in [3.63, 3.8) is 0 Å². The number of aromatic amines is 1. The molecule has 2 rings (SSSR count). The van der Waals surface area contributed by atoms with Gasteiger partial charge in [0.2, 0.25) is 0 Å². The Balaban J connectivity index is 2.12. The number of nitrogens with one attached hydrogen (secondary N) is 1. The number of rotatable bonds is 3. The first-order valence-corrected chi connectivity index (χ1v) is 4.69. The second kappa shape index (κ2) is 4.25. The second-order valence-electron chi connectivity index (χ2n) is 3.32. The number of benzene rings is 1. The predicted octanol–water partition coefficient (Wildman–Crippen LogP) is 0.984. The Morgan fingerprint density at radius 1 is 1.20 bits per heavy atom. The molecule has 15 heavy (non-hydrogen) atoms. The quantitative estimate of drug-likeness (QED) is 0.653. The smallest absolute Gasteiger partial charge is 0.195 e. The fourth-order valence-corrected chi connectivity index (χ4v) is 1.39. The van der Waals surface area contributed by atoms with Crippen LogP contribution < -0.4 is 0 Å². The Labute approximate surface area is 87.2 Å². The van der Waals surface area contributed by atoms with Gasteiger partial charge in [-0.1, -0.05) is 30.3 Å². The summed E-state index contributed by atoms with van der Waals surface area (Å²) < 4.78 is 0. The third-order valence-electron chi connectivity index (χ3n) is 2.14. The van der Waals surface area contributed by atoms with Gasteiger partial charge in [-0.05, 0) is 5.56 Å². The highest BCUT2D eigenvalue weighted by Gasteiger charge is 2.06. The summed E-state index contributed by atoms with van der Waals surface area (Å²) in [4.78, 5) is 6.91. The lowest BCUT2D eigenvalue weighted by molar-refractivity contribution is -0.0456. The highest BCUT2D eigenvalue weighted by atomic mass is 16.5. The molecule has 4 heteroatoms. The molecule has 0 amide bonds. The van der Waals surface area contributed by atoms with E-state index in [9.17, 15) is 0 Å². The van der Waals surface area contributed by atoms with Gasteiger partial charge in [-0.2, -0.15) is 0 Å². The van der Waals surface area contributed by atoms with Crippen molar-refractivity contribution in [1.82, 2.24) is 9.97 Å².